The van der Waals surface area contributed by atoms with Crippen LogP contribution in [0.5, 0.6) is 0 Å². The summed E-state index contributed by atoms with van der Waals surface area (Å²) in [4.78, 5) is 0. The summed E-state index contributed by atoms with van der Waals surface area (Å²) in [6.45, 7) is 4.74. The lowest BCUT2D eigenvalue weighted by Crippen LogP contribution is -2.14. The van der Waals surface area contributed by atoms with Crippen molar-refractivity contribution in [3.8, 4) is 22.3 Å². The lowest BCUT2D eigenvalue weighted by atomic mass is 9.81. The highest BCUT2D eigenvalue weighted by atomic mass is 16.3. The molecule has 7 aromatic carbocycles. The maximum Gasteiger partial charge on any atom is 0.135 e. The molecule has 0 amide bonds. The van der Waals surface area contributed by atoms with Gasteiger partial charge in [0.2, 0.25) is 0 Å². The van der Waals surface area contributed by atoms with Crippen molar-refractivity contribution in [2.75, 3.05) is 0 Å². The van der Waals surface area contributed by atoms with Crippen molar-refractivity contribution in [2.45, 2.75) is 19.3 Å². The molecular formula is C39H26O. The molecule has 0 spiro atoms. The summed E-state index contributed by atoms with van der Waals surface area (Å²) in [7, 11) is 0. The van der Waals surface area contributed by atoms with Gasteiger partial charge in [0.25, 0.3) is 0 Å². The van der Waals surface area contributed by atoms with Crippen molar-refractivity contribution in [2.24, 2.45) is 0 Å². The van der Waals surface area contributed by atoms with E-state index < -0.39 is 0 Å². The van der Waals surface area contributed by atoms with Gasteiger partial charge >= 0.3 is 0 Å². The van der Waals surface area contributed by atoms with Crippen LogP contribution in [0.1, 0.15) is 25.0 Å². The zero-order valence-corrected chi connectivity index (χ0v) is 22.5. The lowest BCUT2D eigenvalue weighted by molar-refractivity contribution is 0.661. The Labute approximate surface area is 232 Å². The summed E-state index contributed by atoms with van der Waals surface area (Å²) in [6.07, 6.45) is 0. The van der Waals surface area contributed by atoms with Crippen LogP contribution >= 0.6 is 0 Å². The molecule has 0 atom stereocenters. The number of para-hydroxylation sites is 1. The zero-order valence-electron chi connectivity index (χ0n) is 22.5. The Balaban J connectivity index is 1.31. The molecule has 188 valence electrons. The zero-order chi connectivity index (χ0) is 26.6. The van der Waals surface area contributed by atoms with Crippen LogP contribution in [-0.4, -0.2) is 0 Å². The second-order valence-corrected chi connectivity index (χ2v) is 11.7. The van der Waals surface area contributed by atoms with Gasteiger partial charge in [-0.05, 0) is 102 Å². The van der Waals surface area contributed by atoms with Crippen LogP contribution in [0.3, 0.4) is 0 Å². The van der Waals surface area contributed by atoms with E-state index in [0.29, 0.717) is 0 Å². The van der Waals surface area contributed by atoms with Gasteiger partial charge in [-0.3, -0.25) is 0 Å². The molecule has 9 rings (SSSR count). The van der Waals surface area contributed by atoms with Gasteiger partial charge in [0.15, 0.2) is 0 Å². The summed E-state index contributed by atoms with van der Waals surface area (Å²) >= 11 is 0. The minimum atomic E-state index is -0.0746. The average molecular weight is 511 g/mol. The maximum atomic E-state index is 6.10. The number of hydrogen-bond donors (Lipinski definition) is 0. The highest BCUT2D eigenvalue weighted by Gasteiger charge is 2.36. The van der Waals surface area contributed by atoms with E-state index in [1.165, 1.54) is 71.1 Å². The van der Waals surface area contributed by atoms with Crippen LogP contribution < -0.4 is 0 Å². The fourth-order valence-electron chi connectivity index (χ4n) is 7.23. The van der Waals surface area contributed by atoms with E-state index in [4.69, 9.17) is 4.42 Å². The average Bonchev–Trinajstić information content (AvgIpc) is 3.48. The standard InChI is InChI=1S/C39H26O/c1-39(2)35-17-15-23(24-16-18-38-34(20-24)29-13-7-8-14-37(29)40-38)19-32(35)33-21-30-27-11-5-3-9-25(27)26-10-4-6-12-28(26)31(30)22-36(33)39/h3-22H,1-2H3. The van der Waals surface area contributed by atoms with Crippen molar-refractivity contribution in [1.29, 1.82) is 0 Å². The van der Waals surface area contributed by atoms with E-state index in [0.717, 1.165) is 16.6 Å². The van der Waals surface area contributed by atoms with Crippen molar-refractivity contribution >= 4 is 54.3 Å². The predicted octanol–water partition coefficient (Wildman–Crippen LogP) is 11.0. The molecule has 1 aliphatic carbocycles. The van der Waals surface area contributed by atoms with E-state index in [-0.39, 0.29) is 5.41 Å². The molecule has 0 aliphatic heterocycles. The number of fused-ring (bicyclic) bond motifs is 12. The topological polar surface area (TPSA) is 13.1 Å². The van der Waals surface area contributed by atoms with Gasteiger partial charge in [0, 0.05) is 16.2 Å². The Hall–Kier alpha value is -4.88. The quantitative estimate of drug-likeness (QED) is 0.200. The first-order chi connectivity index (χ1) is 19.6. The van der Waals surface area contributed by atoms with E-state index in [9.17, 15) is 0 Å². The third kappa shape index (κ3) is 2.82. The smallest absolute Gasteiger partial charge is 0.135 e. The molecule has 0 radical (unpaired) electrons. The van der Waals surface area contributed by atoms with Gasteiger partial charge in [-0.15, -0.1) is 0 Å². The van der Waals surface area contributed by atoms with Crippen LogP contribution in [0.15, 0.2) is 126 Å². The fraction of sp³-hybridized carbons (Fsp3) is 0.0769. The van der Waals surface area contributed by atoms with Gasteiger partial charge < -0.3 is 4.42 Å². The Morgan fingerprint density at radius 3 is 1.65 bits per heavy atom. The van der Waals surface area contributed by atoms with Crippen LogP contribution in [0.2, 0.25) is 0 Å². The van der Waals surface area contributed by atoms with Gasteiger partial charge in [0.05, 0.1) is 0 Å². The van der Waals surface area contributed by atoms with Gasteiger partial charge in [-0.2, -0.15) is 0 Å². The Morgan fingerprint density at radius 2 is 0.925 bits per heavy atom. The summed E-state index contributed by atoms with van der Waals surface area (Å²) < 4.78 is 6.10. The van der Waals surface area contributed by atoms with E-state index in [2.05, 4.69) is 123 Å². The first-order valence-electron chi connectivity index (χ1n) is 14.0. The summed E-state index contributed by atoms with van der Waals surface area (Å²) in [5.41, 5.74) is 9.74. The second-order valence-electron chi connectivity index (χ2n) is 11.7. The van der Waals surface area contributed by atoms with Gasteiger partial charge in [0.1, 0.15) is 11.2 Å². The fourth-order valence-corrected chi connectivity index (χ4v) is 7.23. The molecule has 0 fully saturated rings. The first-order valence-corrected chi connectivity index (χ1v) is 14.0. The largest absolute Gasteiger partial charge is 0.456 e. The summed E-state index contributed by atoms with van der Waals surface area (Å²) in [5.74, 6) is 0. The minimum Gasteiger partial charge on any atom is -0.456 e. The third-order valence-corrected chi connectivity index (χ3v) is 9.25. The minimum absolute atomic E-state index is 0.0746. The normalized spacial score (nSPS) is 13.9. The van der Waals surface area contributed by atoms with E-state index >= 15 is 0 Å². The predicted molar refractivity (Wildman–Crippen MR) is 169 cm³/mol. The number of furan rings is 1. The lowest BCUT2D eigenvalue weighted by Gasteiger charge is -2.22. The molecule has 1 aliphatic rings. The monoisotopic (exact) mass is 510 g/mol. The van der Waals surface area contributed by atoms with Crippen LogP contribution in [0.4, 0.5) is 0 Å². The Morgan fingerprint density at radius 1 is 0.400 bits per heavy atom. The molecule has 40 heavy (non-hydrogen) atoms. The Kier molecular flexibility index (Phi) is 4.18. The number of rotatable bonds is 1. The SMILES string of the molecule is CC1(C)c2ccc(-c3ccc4oc5ccccc5c4c3)cc2-c2cc3c4ccccc4c4ccccc4c3cc21. The van der Waals surface area contributed by atoms with Gasteiger partial charge in [-0.1, -0.05) is 98.8 Å². The molecule has 0 N–H and O–H groups in total. The van der Waals surface area contributed by atoms with Crippen molar-refractivity contribution in [1.82, 2.24) is 0 Å². The van der Waals surface area contributed by atoms with Crippen LogP contribution in [-0.2, 0) is 5.41 Å². The van der Waals surface area contributed by atoms with Crippen LogP contribution in [0.25, 0.3) is 76.5 Å². The molecule has 1 aromatic heterocycles. The maximum absolute atomic E-state index is 6.10. The molecule has 8 aromatic rings. The summed E-state index contributed by atoms with van der Waals surface area (Å²) in [6, 6.07) is 44.6. The molecule has 0 saturated heterocycles. The van der Waals surface area contributed by atoms with Crippen molar-refractivity contribution < 1.29 is 4.42 Å². The second kappa shape index (κ2) is 7.61. The molecule has 0 bridgehead atoms. The first kappa shape index (κ1) is 22.0. The molecule has 0 unspecified atom stereocenters. The highest BCUT2D eigenvalue weighted by molar-refractivity contribution is 6.26. The Bertz CT molecular complexity index is 2350. The molecule has 1 heteroatoms. The summed E-state index contributed by atoms with van der Waals surface area (Å²) in [5, 5.41) is 10.3. The number of benzene rings is 7. The molecule has 1 heterocycles. The van der Waals surface area contributed by atoms with Gasteiger partial charge in [-0.25, -0.2) is 0 Å². The molecular weight excluding hydrogens is 484 g/mol. The molecule has 1 nitrogen and oxygen atoms in total. The number of hydrogen-bond acceptors (Lipinski definition) is 1. The molecule has 0 saturated carbocycles. The van der Waals surface area contributed by atoms with E-state index in [1.54, 1.807) is 0 Å². The van der Waals surface area contributed by atoms with E-state index in [1.807, 2.05) is 12.1 Å². The third-order valence-electron chi connectivity index (χ3n) is 9.25. The van der Waals surface area contributed by atoms with Crippen molar-refractivity contribution in [3.05, 3.63) is 132 Å². The van der Waals surface area contributed by atoms with Crippen molar-refractivity contribution in [3.63, 3.8) is 0 Å². The van der Waals surface area contributed by atoms with Crippen LogP contribution in [0, 0.1) is 0 Å². The highest BCUT2D eigenvalue weighted by Crippen LogP contribution is 2.52.